The van der Waals surface area contributed by atoms with E-state index in [4.69, 9.17) is 0 Å². The predicted octanol–water partition coefficient (Wildman–Crippen LogP) is 3.87. The summed E-state index contributed by atoms with van der Waals surface area (Å²) in [6, 6.07) is 6.76. The Morgan fingerprint density at radius 1 is 1.08 bits per heavy atom. The van der Waals surface area contributed by atoms with E-state index in [2.05, 4.69) is 57.0 Å². The van der Waals surface area contributed by atoms with Crippen molar-refractivity contribution in [3.63, 3.8) is 0 Å². The highest BCUT2D eigenvalue weighted by molar-refractivity contribution is 9.09. The highest BCUT2D eigenvalue weighted by atomic mass is 79.9. The van der Waals surface area contributed by atoms with E-state index in [-0.39, 0.29) is 0 Å². The first kappa shape index (κ1) is 11.3. The molecule has 0 aromatic heterocycles. The first-order chi connectivity index (χ1) is 6.27. The second-order valence-electron chi connectivity index (χ2n) is 3.14. The first-order valence-corrected chi connectivity index (χ1v) is 6.72. The molecule has 0 atom stereocenters. The molecule has 0 saturated heterocycles. The lowest BCUT2D eigenvalue weighted by Gasteiger charge is -2.06. The second-order valence-corrected chi connectivity index (χ2v) is 4.72. The maximum absolute atomic E-state index is 3.46. The molecule has 1 aromatic carbocycles. The third kappa shape index (κ3) is 3.43. The van der Waals surface area contributed by atoms with Crippen LogP contribution in [0.1, 0.15) is 16.7 Å². The molecule has 0 N–H and O–H groups in total. The number of alkyl halides is 2. The molecule has 0 aliphatic heterocycles. The van der Waals surface area contributed by atoms with E-state index < -0.39 is 0 Å². The molecule has 72 valence electrons. The molecule has 0 saturated carbocycles. The Labute approximate surface area is 97.0 Å². The fourth-order valence-electron chi connectivity index (χ4n) is 1.40. The van der Waals surface area contributed by atoms with Crippen molar-refractivity contribution in [3.05, 3.63) is 34.9 Å². The standard InChI is InChI=1S/C11H14Br2/c1-9-8-10(4-6-12)2-3-11(9)5-7-13/h2-3,8H,4-7H2,1H3. The van der Waals surface area contributed by atoms with Crippen LogP contribution in [-0.4, -0.2) is 10.7 Å². The Morgan fingerprint density at radius 2 is 1.77 bits per heavy atom. The lowest BCUT2D eigenvalue weighted by molar-refractivity contribution is 1.10. The maximum Gasteiger partial charge on any atom is 0.00719 e. The highest BCUT2D eigenvalue weighted by Crippen LogP contribution is 2.13. The molecule has 13 heavy (non-hydrogen) atoms. The zero-order valence-electron chi connectivity index (χ0n) is 7.82. The van der Waals surface area contributed by atoms with E-state index in [1.54, 1.807) is 0 Å². The minimum atomic E-state index is 1.05. The highest BCUT2D eigenvalue weighted by Gasteiger charge is 1.98. The maximum atomic E-state index is 3.46. The SMILES string of the molecule is Cc1cc(CCBr)ccc1CCBr. The summed E-state index contributed by atoms with van der Waals surface area (Å²) in [5.41, 5.74) is 4.29. The van der Waals surface area contributed by atoms with Crippen LogP contribution in [0.2, 0.25) is 0 Å². The quantitative estimate of drug-likeness (QED) is 0.741. The second kappa shape index (κ2) is 5.82. The van der Waals surface area contributed by atoms with Crippen molar-refractivity contribution in [3.8, 4) is 0 Å². The van der Waals surface area contributed by atoms with Crippen molar-refractivity contribution >= 4 is 31.9 Å². The predicted molar refractivity (Wildman–Crippen MR) is 66.2 cm³/mol. The lowest BCUT2D eigenvalue weighted by atomic mass is 10.0. The minimum Gasteiger partial charge on any atom is -0.0924 e. The molecule has 1 rings (SSSR count). The third-order valence-corrected chi connectivity index (χ3v) is 2.95. The van der Waals surface area contributed by atoms with Crippen LogP contribution >= 0.6 is 31.9 Å². The summed E-state index contributed by atoms with van der Waals surface area (Å²) in [6.07, 6.45) is 2.25. The van der Waals surface area contributed by atoms with Crippen LogP contribution < -0.4 is 0 Å². The van der Waals surface area contributed by atoms with Gasteiger partial charge in [0.05, 0.1) is 0 Å². The molecule has 1 aromatic rings. The van der Waals surface area contributed by atoms with Crippen molar-refractivity contribution < 1.29 is 0 Å². The summed E-state index contributed by atoms with van der Waals surface area (Å²) in [7, 11) is 0. The molecule has 0 amide bonds. The smallest absolute Gasteiger partial charge is 0.00719 e. The molecular weight excluding hydrogens is 292 g/mol. The Morgan fingerprint density at radius 3 is 2.31 bits per heavy atom. The molecule has 0 unspecified atom stereocenters. The van der Waals surface area contributed by atoms with Gasteiger partial charge in [0, 0.05) is 10.7 Å². The number of hydrogen-bond donors (Lipinski definition) is 0. The number of rotatable bonds is 4. The van der Waals surface area contributed by atoms with Gasteiger partial charge in [-0.15, -0.1) is 0 Å². The van der Waals surface area contributed by atoms with Gasteiger partial charge in [0.1, 0.15) is 0 Å². The summed E-state index contributed by atoms with van der Waals surface area (Å²) in [6.45, 7) is 2.19. The fraction of sp³-hybridized carbons (Fsp3) is 0.455. The fourth-order valence-corrected chi connectivity index (χ4v) is 2.29. The summed E-state index contributed by atoms with van der Waals surface area (Å²) in [5, 5.41) is 2.09. The van der Waals surface area contributed by atoms with Gasteiger partial charge in [-0.1, -0.05) is 50.1 Å². The Balaban J connectivity index is 2.79. The summed E-state index contributed by atoms with van der Waals surface area (Å²) in [5.74, 6) is 0. The van der Waals surface area contributed by atoms with Gasteiger partial charge >= 0.3 is 0 Å². The number of hydrogen-bond acceptors (Lipinski definition) is 0. The van der Waals surface area contributed by atoms with E-state index in [0.717, 1.165) is 23.5 Å². The molecule has 2 heteroatoms. The lowest BCUT2D eigenvalue weighted by Crippen LogP contribution is -1.93. The number of benzene rings is 1. The summed E-state index contributed by atoms with van der Waals surface area (Å²) < 4.78 is 0. The Bertz CT molecular complexity index is 269. The zero-order valence-corrected chi connectivity index (χ0v) is 11.0. The first-order valence-electron chi connectivity index (χ1n) is 4.48. The third-order valence-electron chi connectivity index (χ3n) is 2.15. The topological polar surface area (TPSA) is 0 Å². The van der Waals surface area contributed by atoms with Crippen molar-refractivity contribution in [2.45, 2.75) is 19.8 Å². The van der Waals surface area contributed by atoms with Gasteiger partial charge in [-0.25, -0.2) is 0 Å². The van der Waals surface area contributed by atoms with Crippen LogP contribution in [0.3, 0.4) is 0 Å². The number of aryl methyl sites for hydroxylation is 3. The van der Waals surface area contributed by atoms with E-state index in [9.17, 15) is 0 Å². The van der Waals surface area contributed by atoms with Crippen LogP contribution in [0.4, 0.5) is 0 Å². The van der Waals surface area contributed by atoms with E-state index in [0.29, 0.717) is 0 Å². The molecule has 0 nitrogen and oxygen atoms in total. The van der Waals surface area contributed by atoms with Gasteiger partial charge in [0.15, 0.2) is 0 Å². The van der Waals surface area contributed by atoms with Crippen LogP contribution in [0.25, 0.3) is 0 Å². The average molecular weight is 306 g/mol. The Kier molecular flexibility index (Phi) is 5.04. The van der Waals surface area contributed by atoms with Gasteiger partial charge in [-0.2, -0.15) is 0 Å². The van der Waals surface area contributed by atoms with E-state index in [1.165, 1.54) is 16.7 Å². The normalized spacial score (nSPS) is 10.4. The summed E-state index contributed by atoms with van der Waals surface area (Å²) >= 11 is 6.91. The molecule has 0 aliphatic rings. The van der Waals surface area contributed by atoms with Gasteiger partial charge in [0.2, 0.25) is 0 Å². The molecule has 0 radical (unpaired) electrons. The van der Waals surface area contributed by atoms with Crippen molar-refractivity contribution in [1.29, 1.82) is 0 Å². The van der Waals surface area contributed by atoms with Gasteiger partial charge in [-0.05, 0) is 36.5 Å². The monoisotopic (exact) mass is 304 g/mol. The van der Waals surface area contributed by atoms with Gasteiger partial charge in [-0.3, -0.25) is 0 Å². The van der Waals surface area contributed by atoms with Crippen molar-refractivity contribution in [2.75, 3.05) is 10.7 Å². The molecule has 0 bridgehead atoms. The zero-order chi connectivity index (χ0) is 9.68. The van der Waals surface area contributed by atoms with E-state index >= 15 is 0 Å². The molecule has 0 spiro atoms. The van der Waals surface area contributed by atoms with Crippen LogP contribution in [0.15, 0.2) is 18.2 Å². The van der Waals surface area contributed by atoms with Crippen LogP contribution in [0, 0.1) is 6.92 Å². The largest absolute Gasteiger partial charge is 0.0924 e. The Hall–Kier alpha value is 0.180. The molecule has 0 fully saturated rings. The summed E-state index contributed by atoms with van der Waals surface area (Å²) in [4.78, 5) is 0. The van der Waals surface area contributed by atoms with E-state index in [1.807, 2.05) is 0 Å². The number of halogens is 2. The van der Waals surface area contributed by atoms with Crippen molar-refractivity contribution in [1.82, 2.24) is 0 Å². The molecule has 0 heterocycles. The average Bonchev–Trinajstić information content (AvgIpc) is 2.10. The van der Waals surface area contributed by atoms with Gasteiger partial charge < -0.3 is 0 Å². The molecular formula is C11H14Br2. The van der Waals surface area contributed by atoms with Crippen LogP contribution in [-0.2, 0) is 12.8 Å². The minimum absolute atomic E-state index is 1.05. The van der Waals surface area contributed by atoms with Gasteiger partial charge in [0.25, 0.3) is 0 Å². The molecule has 0 aliphatic carbocycles. The van der Waals surface area contributed by atoms with Crippen LogP contribution in [0.5, 0.6) is 0 Å². The van der Waals surface area contributed by atoms with Crippen molar-refractivity contribution in [2.24, 2.45) is 0 Å².